The van der Waals surface area contributed by atoms with Crippen molar-refractivity contribution >= 4 is 38.7 Å². The molecule has 146 valence electrons. The molecule has 0 radical (unpaired) electrons. The number of ether oxygens (including phenoxy) is 1. The molecule has 4 nitrogen and oxygen atoms in total. The number of halogens is 1. The van der Waals surface area contributed by atoms with Gasteiger partial charge in [0.15, 0.2) is 5.52 Å². The Kier molecular flexibility index (Phi) is 4.59. The summed E-state index contributed by atoms with van der Waals surface area (Å²) in [7, 11) is 0. The number of rotatable bonds is 1. The number of pyridine rings is 2. The summed E-state index contributed by atoms with van der Waals surface area (Å²) in [4.78, 5) is 2.41. The average molecular weight is 495 g/mol. The second-order valence-electron chi connectivity index (χ2n) is 7.69. The molecule has 0 atom stereocenters. The van der Waals surface area contributed by atoms with Gasteiger partial charge in [-0.05, 0) is 55.0 Å². The van der Waals surface area contributed by atoms with Gasteiger partial charge in [0.1, 0.15) is 17.2 Å². The summed E-state index contributed by atoms with van der Waals surface area (Å²) < 4.78 is 10.2. The molecule has 1 saturated heterocycles. The lowest BCUT2D eigenvalue weighted by molar-refractivity contribution is -0.479. The topological polar surface area (TPSA) is 21.0 Å². The van der Waals surface area contributed by atoms with Gasteiger partial charge >= 0.3 is 0 Å². The third-order valence-electron chi connectivity index (χ3n) is 5.91. The average Bonchev–Trinajstić information content (AvgIpc) is 3.13. The molecule has 1 aliphatic rings. The van der Waals surface area contributed by atoms with Crippen LogP contribution < -0.4 is 33.3 Å². The van der Waals surface area contributed by atoms with Gasteiger partial charge in [-0.25, -0.2) is 0 Å². The van der Waals surface area contributed by atoms with Crippen molar-refractivity contribution in [3.05, 3.63) is 72.4 Å². The standard InChI is InChI=1S/C24H22N3O.HI/c1-17-2-3-18-5-9-24-26(23(18)14-17)16-21-6-4-19-15-20(7-8-22(19)27(21)24)25-10-12-28-13-11-25;/h2-9,14-16H,10-13H2,1H3;1H/q+1;/p-1. The highest BCUT2D eigenvalue weighted by Gasteiger charge is 2.18. The van der Waals surface area contributed by atoms with Crippen molar-refractivity contribution in [1.29, 1.82) is 0 Å². The van der Waals surface area contributed by atoms with Crippen LogP contribution in [0.4, 0.5) is 5.69 Å². The number of fused-ring (bicyclic) bond motifs is 7. The molecule has 2 aromatic carbocycles. The van der Waals surface area contributed by atoms with Crippen LogP contribution in [0.15, 0.2) is 66.9 Å². The van der Waals surface area contributed by atoms with Gasteiger partial charge in [-0.2, -0.15) is 8.80 Å². The van der Waals surface area contributed by atoms with Crippen molar-refractivity contribution in [2.75, 3.05) is 31.2 Å². The van der Waals surface area contributed by atoms with E-state index in [1.165, 1.54) is 44.2 Å². The fraction of sp³-hybridized carbons (Fsp3) is 0.208. The van der Waals surface area contributed by atoms with Gasteiger partial charge < -0.3 is 33.6 Å². The van der Waals surface area contributed by atoms with Crippen molar-refractivity contribution < 1.29 is 33.1 Å². The normalized spacial score (nSPS) is 14.7. The highest BCUT2D eigenvalue weighted by Crippen LogP contribution is 2.26. The van der Waals surface area contributed by atoms with E-state index in [1.54, 1.807) is 0 Å². The summed E-state index contributed by atoms with van der Waals surface area (Å²) in [5, 5.41) is 2.52. The van der Waals surface area contributed by atoms with E-state index in [4.69, 9.17) is 4.74 Å². The largest absolute Gasteiger partial charge is 1.00 e. The van der Waals surface area contributed by atoms with E-state index in [-0.39, 0.29) is 24.0 Å². The lowest BCUT2D eigenvalue weighted by Gasteiger charge is -2.28. The first-order valence-electron chi connectivity index (χ1n) is 9.90. The van der Waals surface area contributed by atoms with E-state index in [2.05, 4.69) is 87.5 Å². The first kappa shape index (κ1) is 18.6. The van der Waals surface area contributed by atoms with Gasteiger partial charge in [-0.1, -0.05) is 12.1 Å². The number of anilines is 1. The minimum Gasteiger partial charge on any atom is -1.00 e. The van der Waals surface area contributed by atoms with Crippen molar-refractivity contribution in [2.45, 2.75) is 6.92 Å². The molecule has 0 saturated carbocycles. The molecule has 5 aromatic rings. The Morgan fingerprint density at radius 3 is 2.52 bits per heavy atom. The summed E-state index contributed by atoms with van der Waals surface area (Å²) in [6, 6.07) is 22.4. The molecule has 0 aliphatic carbocycles. The molecule has 1 aliphatic heterocycles. The number of hydrogen-bond acceptors (Lipinski definition) is 2. The Labute approximate surface area is 186 Å². The predicted octanol–water partition coefficient (Wildman–Crippen LogP) is 1.13. The summed E-state index contributed by atoms with van der Waals surface area (Å²) in [6.07, 6.45) is 2.24. The van der Waals surface area contributed by atoms with E-state index < -0.39 is 0 Å². The Hall–Kier alpha value is -2.38. The third-order valence-corrected chi connectivity index (χ3v) is 5.91. The lowest BCUT2D eigenvalue weighted by Crippen LogP contribution is -3.00. The van der Waals surface area contributed by atoms with E-state index in [9.17, 15) is 0 Å². The Morgan fingerprint density at radius 2 is 1.66 bits per heavy atom. The first-order chi connectivity index (χ1) is 13.8. The van der Waals surface area contributed by atoms with Crippen molar-refractivity contribution in [3.8, 4) is 0 Å². The summed E-state index contributed by atoms with van der Waals surface area (Å²) in [5.41, 5.74) is 7.45. The molecular weight excluding hydrogens is 473 g/mol. The Bertz CT molecular complexity index is 1370. The maximum absolute atomic E-state index is 5.50. The van der Waals surface area contributed by atoms with Crippen molar-refractivity contribution in [2.24, 2.45) is 0 Å². The number of hydrogen-bond donors (Lipinski definition) is 0. The molecule has 5 heteroatoms. The van der Waals surface area contributed by atoms with Crippen LogP contribution in [0.25, 0.3) is 33.0 Å². The van der Waals surface area contributed by atoms with Crippen LogP contribution in [-0.4, -0.2) is 30.7 Å². The Morgan fingerprint density at radius 1 is 0.862 bits per heavy atom. The van der Waals surface area contributed by atoms with E-state index in [0.717, 1.165) is 26.3 Å². The second-order valence-corrected chi connectivity index (χ2v) is 7.69. The number of morpholine rings is 1. The summed E-state index contributed by atoms with van der Waals surface area (Å²) in [5.74, 6) is 0. The molecule has 3 aromatic heterocycles. The SMILES string of the molecule is Cc1ccc2ccc3n4c(ccc5cc(N6CCOCC6)ccc54)c[n+]3c2c1.[I-]. The Balaban J connectivity index is 0.00000181. The maximum Gasteiger partial charge on any atom is 0.292 e. The zero-order valence-corrected chi connectivity index (χ0v) is 18.5. The molecule has 0 N–H and O–H groups in total. The van der Waals surface area contributed by atoms with Crippen LogP contribution in [0.2, 0.25) is 0 Å². The van der Waals surface area contributed by atoms with Gasteiger partial charge in [0.05, 0.1) is 13.2 Å². The van der Waals surface area contributed by atoms with Gasteiger partial charge in [-0.3, -0.25) is 0 Å². The molecule has 1 fully saturated rings. The highest BCUT2D eigenvalue weighted by atomic mass is 127. The number of benzene rings is 2. The third kappa shape index (κ3) is 2.95. The maximum atomic E-state index is 5.50. The second kappa shape index (κ2) is 7.15. The van der Waals surface area contributed by atoms with Crippen LogP contribution in [-0.2, 0) is 4.74 Å². The molecule has 0 spiro atoms. The van der Waals surface area contributed by atoms with Crippen LogP contribution in [0, 0.1) is 6.92 Å². The summed E-state index contributed by atoms with van der Waals surface area (Å²) >= 11 is 0. The smallest absolute Gasteiger partial charge is 0.292 e. The highest BCUT2D eigenvalue weighted by molar-refractivity contribution is 5.88. The van der Waals surface area contributed by atoms with Crippen LogP contribution >= 0.6 is 0 Å². The molecule has 29 heavy (non-hydrogen) atoms. The fourth-order valence-corrected chi connectivity index (χ4v) is 4.46. The van der Waals surface area contributed by atoms with Crippen LogP contribution in [0.5, 0.6) is 0 Å². The molecule has 6 rings (SSSR count). The summed E-state index contributed by atoms with van der Waals surface area (Å²) in [6.45, 7) is 5.69. The van der Waals surface area contributed by atoms with E-state index in [1.807, 2.05) is 0 Å². The van der Waals surface area contributed by atoms with Gasteiger partial charge in [-0.15, -0.1) is 0 Å². The quantitative estimate of drug-likeness (QED) is 0.257. The number of imidazole rings is 1. The van der Waals surface area contributed by atoms with Crippen molar-refractivity contribution in [1.82, 2.24) is 4.40 Å². The number of aryl methyl sites for hydroxylation is 1. The van der Waals surface area contributed by atoms with Crippen LogP contribution in [0.3, 0.4) is 0 Å². The van der Waals surface area contributed by atoms with Crippen molar-refractivity contribution in [3.63, 3.8) is 0 Å². The zero-order valence-electron chi connectivity index (χ0n) is 16.3. The zero-order chi connectivity index (χ0) is 18.7. The number of aromatic nitrogens is 2. The molecule has 4 heterocycles. The minimum atomic E-state index is 0. The fourth-order valence-electron chi connectivity index (χ4n) is 4.46. The van der Waals surface area contributed by atoms with Gasteiger partial charge in [0.25, 0.3) is 5.65 Å². The lowest BCUT2D eigenvalue weighted by atomic mass is 10.1. The molecule has 0 amide bonds. The first-order valence-corrected chi connectivity index (χ1v) is 9.90. The molecular formula is C24H22IN3O. The van der Waals surface area contributed by atoms with Gasteiger partial charge in [0, 0.05) is 35.6 Å². The van der Waals surface area contributed by atoms with Crippen LogP contribution in [0.1, 0.15) is 5.56 Å². The molecule has 0 unspecified atom stereocenters. The van der Waals surface area contributed by atoms with E-state index >= 15 is 0 Å². The van der Waals surface area contributed by atoms with Gasteiger partial charge in [0.2, 0.25) is 0 Å². The molecule has 0 bridgehead atoms. The minimum absolute atomic E-state index is 0. The monoisotopic (exact) mass is 495 g/mol. The predicted molar refractivity (Wildman–Crippen MR) is 113 cm³/mol. The van der Waals surface area contributed by atoms with E-state index in [0.29, 0.717) is 0 Å². The number of nitrogens with zero attached hydrogens (tertiary/aromatic N) is 3.